The largest absolute Gasteiger partial charge is 0.394 e. The fraction of sp³-hybridized carbons (Fsp3) is 0.709. The van der Waals surface area contributed by atoms with E-state index >= 15 is 0 Å². The minimum Gasteiger partial charge on any atom is -0.394 e. The van der Waals surface area contributed by atoms with Crippen molar-refractivity contribution < 1.29 is 64.6 Å². The van der Waals surface area contributed by atoms with Crippen molar-refractivity contribution in [2.45, 2.75) is 338 Å². The normalized spacial score (nSPS) is 23.4. The van der Waals surface area contributed by atoms with E-state index in [2.05, 4.69) is 141 Å². The number of hydrogen-bond donors (Lipinski definition) is 9. The van der Waals surface area contributed by atoms with Crippen LogP contribution in [0.4, 0.5) is 0 Å². The number of hydrogen-bond acceptors (Lipinski definition) is 13. The first-order chi connectivity index (χ1) is 45.6. The van der Waals surface area contributed by atoms with Crippen molar-refractivity contribution in [3.63, 3.8) is 0 Å². The fourth-order valence-electron chi connectivity index (χ4n) is 11.3. The van der Waals surface area contributed by atoms with Gasteiger partial charge in [0.05, 0.1) is 32.0 Å². The number of carbonyl (C=O) groups excluding carboxylic acids is 1. The standard InChI is InChI=1S/C79H133NO13/c1-3-5-7-9-11-13-15-17-19-21-23-25-26-27-28-29-30-31-32-33-34-35-36-37-38-39-40-41-42-43-45-47-49-51-53-55-57-59-61-63-71(84)80-67(68(83)62-60-58-56-54-52-50-48-46-44-24-22-20-18-16-14-12-10-8-6-4-2)66-90-78-76(89)74(87)77(70(65-82)92-78)93-79-75(88)73(86)72(85)69(64-81)91-79/h5,7,11,13,17,19,23,25,27-28,30-31,33-34,36-37,39-40,42-43,60,62,67-70,72-79,81-83,85-89H,3-4,6,8-10,12,14-16,18,20-22,24,26,29,32,35,38,41,44-59,61,63-66H2,1-2H3,(H,80,84)/b7-5-,13-11-,19-17-,25-23-,28-27-,31-30-,34-33-,37-36-,40-39-,43-42-,62-60+. The molecule has 0 aromatic rings. The summed E-state index contributed by atoms with van der Waals surface area (Å²) in [5.41, 5.74) is 0. The summed E-state index contributed by atoms with van der Waals surface area (Å²) in [7, 11) is 0. The van der Waals surface area contributed by atoms with Gasteiger partial charge in [-0.05, 0) is 96.3 Å². The van der Waals surface area contributed by atoms with Crippen molar-refractivity contribution in [1.82, 2.24) is 5.32 Å². The highest BCUT2D eigenvalue weighted by Crippen LogP contribution is 2.30. The number of rotatable bonds is 59. The van der Waals surface area contributed by atoms with Gasteiger partial charge in [0, 0.05) is 6.42 Å². The molecule has 14 nitrogen and oxygen atoms in total. The number of aliphatic hydroxyl groups is 8. The number of ether oxygens (including phenoxy) is 4. The fourth-order valence-corrected chi connectivity index (χ4v) is 11.3. The van der Waals surface area contributed by atoms with Gasteiger partial charge < -0.3 is 65.1 Å². The van der Waals surface area contributed by atoms with Crippen LogP contribution in [0.15, 0.2) is 134 Å². The molecule has 532 valence electrons. The monoisotopic (exact) mass is 1300 g/mol. The maximum Gasteiger partial charge on any atom is 0.220 e. The first kappa shape index (κ1) is 85.2. The van der Waals surface area contributed by atoms with Crippen LogP contribution in [0.25, 0.3) is 0 Å². The molecule has 1 amide bonds. The first-order valence-electron chi connectivity index (χ1n) is 36.9. The minimum atomic E-state index is -1.80. The summed E-state index contributed by atoms with van der Waals surface area (Å²) >= 11 is 0. The lowest BCUT2D eigenvalue weighted by Gasteiger charge is -2.46. The lowest BCUT2D eigenvalue weighted by atomic mass is 9.97. The zero-order chi connectivity index (χ0) is 67.3. The van der Waals surface area contributed by atoms with Crippen LogP contribution in [0.5, 0.6) is 0 Å². The SMILES string of the molecule is CC/C=C\C/C=C\C/C=C\C/C=C\C/C=C\C/C=C\C/C=C\C/C=C\C/C=C\C/C=C\CCCCCCCCCCC(=O)NC(COC1OC(CO)C(OC2OC(CO)C(O)C(O)C2O)C(O)C1O)C(O)/C=C/CCCCCCCCCCCCCCCCCCCC. The molecule has 93 heavy (non-hydrogen) atoms. The van der Waals surface area contributed by atoms with Crippen molar-refractivity contribution >= 4 is 5.91 Å². The average Bonchev–Trinajstić information content (AvgIpc) is 0.854. The van der Waals surface area contributed by atoms with E-state index in [9.17, 15) is 45.6 Å². The average molecular weight is 1300 g/mol. The molecule has 0 aromatic heterocycles. The molecule has 2 aliphatic rings. The molecule has 0 radical (unpaired) electrons. The van der Waals surface area contributed by atoms with Gasteiger partial charge in [0.15, 0.2) is 12.6 Å². The molecule has 0 spiro atoms. The highest BCUT2D eigenvalue weighted by atomic mass is 16.7. The highest BCUT2D eigenvalue weighted by Gasteiger charge is 2.51. The molecule has 0 saturated carbocycles. The van der Waals surface area contributed by atoms with Gasteiger partial charge in [-0.15, -0.1) is 0 Å². The molecule has 2 fully saturated rings. The van der Waals surface area contributed by atoms with Crippen LogP contribution >= 0.6 is 0 Å². The Bertz CT molecular complexity index is 2070. The number of aliphatic hydroxyl groups excluding tert-OH is 8. The predicted octanol–water partition coefficient (Wildman–Crippen LogP) is 15.8. The van der Waals surface area contributed by atoms with Crippen LogP contribution in [-0.2, 0) is 23.7 Å². The number of allylic oxidation sites excluding steroid dienone is 21. The maximum atomic E-state index is 13.3. The molecule has 9 N–H and O–H groups in total. The van der Waals surface area contributed by atoms with E-state index in [1.165, 1.54) is 122 Å². The number of amides is 1. The zero-order valence-corrected chi connectivity index (χ0v) is 57.9. The molecular weight excluding hydrogens is 1170 g/mol. The van der Waals surface area contributed by atoms with E-state index < -0.39 is 86.8 Å². The van der Waals surface area contributed by atoms with Crippen LogP contribution in [0.3, 0.4) is 0 Å². The molecule has 0 bridgehead atoms. The van der Waals surface area contributed by atoms with E-state index in [4.69, 9.17) is 18.9 Å². The molecule has 12 unspecified atom stereocenters. The van der Waals surface area contributed by atoms with Crippen molar-refractivity contribution in [3.05, 3.63) is 134 Å². The number of unbranched alkanes of at least 4 members (excludes halogenated alkanes) is 26. The summed E-state index contributed by atoms with van der Waals surface area (Å²) in [5.74, 6) is -0.251. The van der Waals surface area contributed by atoms with Crippen LogP contribution < -0.4 is 5.32 Å². The zero-order valence-electron chi connectivity index (χ0n) is 57.9. The highest BCUT2D eigenvalue weighted by molar-refractivity contribution is 5.76. The second kappa shape index (κ2) is 61.7. The van der Waals surface area contributed by atoms with Crippen molar-refractivity contribution in [3.8, 4) is 0 Å². The smallest absolute Gasteiger partial charge is 0.220 e. The molecule has 2 heterocycles. The van der Waals surface area contributed by atoms with Gasteiger partial charge in [0.25, 0.3) is 0 Å². The Labute approximate surface area is 564 Å². The summed E-state index contributed by atoms with van der Waals surface area (Å²) in [6, 6.07) is -0.930. The van der Waals surface area contributed by atoms with Crippen LogP contribution in [-0.4, -0.2) is 140 Å². The molecule has 14 heteroatoms. The van der Waals surface area contributed by atoms with Gasteiger partial charge in [-0.25, -0.2) is 0 Å². The van der Waals surface area contributed by atoms with Crippen molar-refractivity contribution in [2.75, 3.05) is 19.8 Å². The van der Waals surface area contributed by atoms with Gasteiger partial charge >= 0.3 is 0 Å². The van der Waals surface area contributed by atoms with Gasteiger partial charge in [-0.1, -0.05) is 295 Å². The summed E-state index contributed by atoms with van der Waals surface area (Å²) in [6.07, 6.45) is 75.0. The Balaban J connectivity index is 1.65. The Morgan fingerprint density at radius 2 is 0.742 bits per heavy atom. The van der Waals surface area contributed by atoms with Crippen molar-refractivity contribution in [1.29, 1.82) is 0 Å². The van der Waals surface area contributed by atoms with Gasteiger partial charge in [0.1, 0.15) is 48.8 Å². The quantitative estimate of drug-likeness (QED) is 0.0204. The Hall–Kier alpha value is -3.87. The van der Waals surface area contributed by atoms with E-state index in [-0.39, 0.29) is 18.9 Å². The van der Waals surface area contributed by atoms with Crippen LogP contribution in [0, 0.1) is 0 Å². The summed E-state index contributed by atoms with van der Waals surface area (Å²) < 4.78 is 22.9. The Morgan fingerprint density at radius 3 is 1.14 bits per heavy atom. The van der Waals surface area contributed by atoms with Gasteiger partial charge in [-0.3, -0.25) is 4.79 Å². The third-order valence-corrected chi connectivity index (χ3v) is 17.1. The van der Waals surface area contributed by atoms with Gasteiger partial charge in [-0.2, -0.15) is 0 Å². The minimum absolute atomic E-state index is 0.251. The lowest BCUT2D eigenvalue weighted by molar-refractivity contribution is -0.359. The summed E-state index contributed by atoms with van der Waals surface area (Å²) in [6.45, 7) is 2.69. The van der Waals surface area contributed by atoms with Crippen LogP contribution in [0.1, 0.15) is 264 Å². The first-order valence-corrected chi connectivity index (χ1v) is 36.9. The van der Waals surface area contributed by atoms with Crippen molar-refractivity contribution in [2.24, 2.45) is 0 Å². The molecule has 0 aromatic carbocycles. The summed E-state index contributed by atoms with van der Waals surface area (Å²) in [5, 5.41) is 87.5. The molecule has 0 aliphatic carbocycles. The molecule has 12 atom stereocenters. The second-order valence-corrected chi connectivity index (χ2v) is 25.3. The van der Waals surface area contributed by atoms with E-state index in [0.29, 0.717) is 6.42 Å². The van der Waals surface area contributed by atoms with Crippen LogP contribution in [0.2, 0.25) is 0 Å². The van der Waals surface area contributed by atoms with E-state index in [1.54, 1.807) is 6.08 Å². The lowest BCUT2D eigenvalue weighted by Crippen LogP contribution is -2.65. The predicted molar refractivity (Wildman–Crippen MR) is 382 cm³/mol. The molecule has 2 saturated heterocycles. The topological polar surface area (TPSA) is 228 Å². The van der Waals surface area contributed by atoms with E-state index in [1.807, 2.05) is 6.08 Å². The third-order valence-electron chi connectivity index (χ3n) is 17.1. The van der Waals surface area contributed by atoms with E-state index in [0.717, 1.165) is 116 Å². The Kier molecular flexibility index (Phi) is 56.5. The molecular formula is C79H133NO13. The third kappa shape index (κ3) is 45.3. The maximum absolute atomic E-state index is 13.3. The number of carbonyl (C=O) groups is 1. The number of nitrogens with one attached hydrogen (secondary N) is 1. The molecule has 2 rings (SSSR count). The summed E-state index contributed by atoms with van der Waals surface area (Å²) in [4.78, 5) is 13.3. The molecule has 2 aliphatic heterocycles. The van der Waals surface area contributed by atoms with Gasteiger partial charge in [0.2, 0.25) is 5.91 Å². The second-order valence-electron chi connectivity index (χ2n) is 25.3. The Morgan fingerprint density at radius 1 is 0.398 bits per heavy atom.